The van der Waals surface area contributed by atoms with E-state index >= 15 is 0 Å². The van der Waals surface area contributed by atoms with Crippen LogP contribution in [0, 0.1) is 0 Å². The van der Waals surface area contributed by atoms with Crippen molar-refractivity contribution in [2.45, 2.75) is 24.5 Å². The summed E-state index contributed by atoms with van der Waals surface area (Å²) in [5.41, 5.74) is -2.54. The van der Waals surface area contributed by atoms with Crippen molar-refractivity contribution in [1.82, 2.24) is 5.32 Å². The lowest BCUT2D eigenvalue weighted by molar-refractivity contribution is -0.0628. The number of ketones is 2. The van der Waals surface area contributed by atoms with Crippen LogP contribution >= 0.6 is 0 Å². The molecule has 0 aliphatic heterocycles. The first-order chi connectivity index (χ1) is 14.2. The molecule has 2 aliphatic rings. The molecular weight excluding hydrogens is 394 g/mol. The van der Waals surface area contributed by atoms with E-state index in [2.05, 4.69) is 5.32 Å². The van der Waals surface area contributed by atoms with Gasteiger partial charge in [-0.1, -0.05) is 24.3 Å². The lowest BCUT2D eigenvalue weighted by Crippen LogP contribution is -2.43. The zero-order chi connectivity index (χ0) is 21.8. The quantitative estimate of drug-likeness (QED) is 0.389. The van der Waals surface area contributed by atoms with Gasteiger partial charge in [-0.15, -0.1) is 0 Å². The molecule has 0 unspecified atom stereocenters. The van der Waals surface area contributed by atoms with Crippen molar-refractivity contribution in [2.75, 3.05) is 13.7 Å². The van der Waals surface area contributed by atoms with Crippen LogP contribution in [0.25, 0.3) is 0 Å². The number of hydrogen-bond acceptors (Lipinski definition) is 8. The van der Waals surface area contributed by atoms with Crippen molar-refractivity contribution < 1.29 is 39.5 Å². The van der Waals surface area contributed by atoms with Crippen molar-refractivity contribution in [3.8, 4) is 11.5 Å². The molecule has 0 bridgehead atoms. The van der Waals surface area contributed by atoms with Crippen molar-refractivity contribution >= 4 is 17.7 Å². The number of aliphatic hydroxyl groups excluding tert-OH is 1. The third-order valence-corrected chi connectivity index (χ3v) is 5.55. The van der Waals surface area contributed by atoms with E-state index in [1.807, 2.05) is 0 Å². The Morgan fingerprint density at radius 2 is 1.70 bits per heavy atom. The second-order valence-electron chi connectivity index (χ2n) is 7.49. The number of rotatable bonds is 2. The van der Waals surface area contributed by atoms with Gasteiger partial charge in [0.2, 0.25) is 0 Å². The monoisotopic (exact) mass is 413 g/mol. The minimum Gasteiger partial charge on any atom is -0.507 e. The zero-order valence-electron chi connectivity index (χ0n) is 15.9. The summed E-state index contributed by atoms with van der Waals surface area (Å²) < 4.78 is 4.89. The van der Waals surface area contributed by atoms with Crippen LogP contribution in [0.15, 0.2) is 24.3 Å². The van der Waals surface area contributed by atoms with E-state index < -0.39 is 47.5 Å². The van der Waals surface area contributed by atoms with E-state index in [0.29, 0.717) is 0 Å². The van der Waals surface area contributed by atoms with Gasteiger partial charge >= 0.3 is 6.09 Å². The molecule has 2 atom stereocenters. The number of aromatic hydroxyl groups is 2. The maximum atomic E-state index is 13.0. The molecule has 5 N–H and O–H groups in total. The van der Waals surface area contributed by atoms with Crippen LogP contribution in [0.2, 0.25) is 0 Å². The van der Waals surface area contributed by atoms with E-state index in [1.54, 1.807) is 12.1 Å². The number of aliphatic hydroxyl groups is 2. The summed E-state index contributed by atoms with van der Waals surface area (Å²) in [5.74, 6) is -2.50. The fourth-order valence-corrected chi connectivity index (χ4v) is 4.17. The second kappa shape index (κ2) is 6.82. The molecule has 0 saturated carbocycles. The van der Waals surface area contributed by atoms with Gasteiger partial charge in [0.15, 0.2) is 11.6 Å². The van der Waals surface area contributed by atoms with E-state index in [9.17, 15) is 34.8 Å². The molecule has 30 heavy (non-hydrogen) atoms. The van der Waals surface area contributed by atoms with Gasteiger partial charge in [0.05, 0.1) is 17.2 Å². The largest absolute Gasteiger partial charge is 0.507 e. The summed E-state index contributed by atoms with van der Waals surface area (Å²) >= 11 is 0. The van der Waals surface area contributed by atoms with E-state index in [4.69, 9.17) is 4.74 Å². The molecule has 4 rings (SSSR count). The van der Waals surface area contributed by atoms with Gasteiger partial charge in [0.25, 0.3) is 0 Å². The van der Waals surface area contributed by atoms with Crippen LogP contribution in [0.3, 0.4) is 0 Å². The maximum absolute atomic E-state index is 13.0. The molecule has 0 aromatic heterocycles. The number of alkyl carbamates (subject to hydrolysis) is 1. The van der Waals surface area contributed by atoms with Crippen LogP contribution in [0.1, 0.15) is 55.5 Å². The Kier molecular flexibility index (Phi) is 4.52. The molecule has 0 fully saturated rings. The van der Waals surface area contributed by atoms with Gasteiger partial charge in [0, 0.05) is 42.1 Å². The number of carbonyl (C=O) groups excluding carboxylic acids is 3. The molecule has 9 nitrogen and oxygen atoms in total. The Morgan fingerprint density at radius 3 is 2.27 bits per heavy atom. The highest BCUT2D eigenvalue weighted by molar-refractivity contribution is 6.30. The third kappa shape index (κ3) is 2.82. The summed E-state index contributed by atoms with van der Waals surface area (Å²) in [6.07, 6.45) is -2.89. The summed E-state index contributed by atoms with van der Waals surface area (Å²) in [5, 5.41) is 45.3. The predicted octanol–water partition coefficient (Wildman–Crippen LogP) is 0.940. The Labute approximate surface area is 170 Å². The first-order valence-corrected chi connectivity index (χ1v) is 9.22. The summed E-state index contributed by atoms with van der Waals surface area (Å²) in [6, 6.07) is 6.03. The van der Waals surface area contributed by atoms with Crippen molar-refractivity contribution in [3.05, 3.63) is 57.6 Å². The molecule has 0 spiro atoms. The summed E-state index contributed by atoms with van der Waals surface area (Å²) in [6.45, 7) is -0.490. The molecule has 2 aromatic rings. The van der Waals surface area contributed by atoms with E-state index in [-0.39, 0.29) is 46.2 Å². The maximum Gasteiger partial charge on any atom is 0.406 e. The zero-order valence-corrected chi connectivity index (χ0v) is 15.9. The molecule has 9 heteroatoms. The van der Waals surface area contributed by atoms with Gasteiger partial charge in [0.1, 0.15) is 23.7 Å². The normalized spacial score (nSPS) is 22.0. The number of benzene rings is 2. The number of nitrogens with one attached hydrogen (secondary N) is 1. The Morgan fingerprint density at radius 1 is 1.13 bits per heavy atom. The van der Waals surface area contributed by atoms with E-state index in [0.717, 1.165) is 0 Å². The molecule has 2 aliphatic carbocycles. The van der Waals surface area contributed by atoms with Crippen LogP contribution < -0.4 is 5.32 Å². The van der Waals surface area contributed by atoms with Gasteiger partial charge in [-0.05, 0) is 0 Å². The first kappa shape index (κ1) is 19.9. The smallest absolute Gasteiger partial charge is 0.406 e. The average Bonchev–Trinajstić information content (AvgIpc) is 2.72. The van der Waals surface area contributed by atoms with Crippen molar-refractivity contribution in [2.24, 2.45) is 0 Å². The molecule has 0 heterocycles. The van der Waals surface area contributed by atoms with Crippen LogP contribution in [0.4, 0.5) is 4.79 Å². The third-order valence-electron chi connectivity index (χ3n) is 5.55. The number of amides is 1. The highest BCUT2D eigenvalue weighted by Crippen LogP contribution is 2.50. The minimum atomic E-state index is -1.75. The molecule has 0 radical (unpaired) electrons. The number of hydrogen-bond donors (Lipinski definition) is 5. The fraction of sp³-hybridized carbons (Fsp3) is 0.286. The molecule has 0 saturated heterocycles. The standard InChI is InChI=1S/C21H19NO8/c1-22-20(28)30-8-21(29)6-11-13(12(23)7-21)19(27)15-14(18(11)26)16(24)9-4-2-3-5-10(9)17(15)25/h2-5,12,23,26-27,29H,6-8H2,1H3,(H,22,28)/t12-,21+/m0/s1. The number of phenols is 2. The Bertz CT molecular complexity index is 1110. The fourth-order valence-electron chi connectivity index (χ4n) is 4.17. The van der Waals surface area contributed by atoms with Crippen molar-refractivity contribution in [1.29, 1.82) is 0 Å². The van der Waals surface area contributed by atoms with Crippen LogP contribution in [0.5, 0.6) is 11.5 Å². The van der Waals surface area contributed by atoms with Crippen LogP contribution in [-0.2, 0) is 11.2 Å². The average molecular weight is 413 g/mol. The van der Waals surface area contributed by atoms with Gasteiger partial charge in [-0.3, -0.25) is 9.59 Å². The second-order valence-corrected chi connectivity index (χ2v) is 7.49. The Balaban J connectivity index is 1.86. The predicted molar refractivity (Wildman–Crippen MR) is 102 cm³/mol. The highest BCUT2D eigenvalue weighted by atomic mass is 16.6. The molecule has 2 aromatic carbocycles. The summed E-state index contributed by atoms with van der Waals surface area (Å²) in [7, 11) is 1.34. The number of phenolic OH excluding ortho intramolecular Hbond substituents is 2. The highest BCUT2D eigenvalue weighted by Gasteiger charge is 2.45. The van der Waals surface area contributed by atoms with Gasteiger partial charge in [-0.25, -0.2) is 4.79 Å². The topological polar surface area (TPSA) is 153 Å². The van der Waals surface area contributed by atoms with Crippen LogP contribution in [-0.4, -0.2) is 57.3 Å². The van der Waals surface area contributed by atoms with Gasteiger partial charge < -0.3 is 30.5 Å². The first-order valence-electron chi connectivity index (χ1n) is 9.22. The number of ether oxygens (including phenoxy) is 1. The SMILES string of the molecule is CNC(=O)OC[C@@]1(O)Cc2c(O)c3c(c(O)c2[C@@H](O)C1)C(=O)c1ccccc1C3=O. The molecule has 1 amide bonds. The lowest BCUT2D eigenvalue weighted by atomic mass is 9.73. The Hall–Kier alpha value is -3.43. The van der Waals surface area contributed by atoms with Crippen molar-refractivity contribution in [3.63, 3.8) is 0 Å². The minimum absolute atomic E-state index is 0.0754. The van der Waals surface area contributed by atoms with E-state index in [1.165, 1.54) is 19.2 Å². The number of carbonyl (C=O) groups is 3. The molecule has 156 valence electrons. The lowest BCUT2D eigenvalue weighted by Gasteiger charge is -2.37. The number of fused-ring (bicyclic) bond motifs is 3. The van der Waals surface area contributed by atoms with Gasteiger partial charge in [-0.2, -0.15) is 0 Å². The molecular formula is C21H19NO8. The summed E-state index contributed by atoms with van der Waals surface area (Å²) in [4.78, 5) is 37.3.